The van der Waals surface area contributed by atoms with Gasteiger partial charge in [0.25, 0.3) is 0 Å². The first-order chi connectivity index (χ1) is 7.99. The van der Waals surface area contributed by atoms with E-state index in [0.29, 0.717) is 5.92 Å². The van der Waals surface area contributed by atoms with E-state index in [2.05, 4.69) is 13.8 Å². The van der Waals surface area contributed by atoms with Crippen LogP contribution in [0.3, 0.4) is 0 Å². The Bertz CT molecular complexity index is 380. The van der Waals surface area contributed by atoms with Crippen molar-refractivity contribution in [1.29, 1.82) is 0 Å². The SMILES string of the molecule is Cc1cc(C(O)C2CCC(C)C(C)C2)c(C)o1. The molecule has 0 saturated heterocycles. The molecule has 0 aromatic carbocycles. The zero-order valence-electron chi connectivity index (χ0n) is 11.4. The summed E-state index contributed by atoms with van der Waals surface area (Å²) in [5, 5.41) is 10.5. The fourth-order valence-corrected chi connectivity index (χ4v) is 3.07. The molecular weight excluding hydrogens is 212 g/mol. The first kappa shape index (κ1) is 12.7. The summed E-state index contributed by atoms with van der Waals surface area (Å²) in [6.07, 6.45) is 3.16. The van der Waals surface area contributed by atoms with E-state index >= 15 is 0 Å². The summed E-state index contributed by atoms with van der Waals surface area (Å²) in [4.78, 5) is 0. The molecule has 0 bridgehead atoms. The standard InChI is InChI=1S/C15H24O2/c1-9-5-6-13(7-10(9)2)15(16)14-8-11(3)17-12(14)4/h8-10,13,15-16H,5-7H2,1-4H3. The van der Waals surface area contributed by atoms with Crippen LogP contribution in [0, 0.1) is 31.6 Å². The van der Waals surface area contributed by atoms with E-state index < -0.39 is 0 Å². The van der Waals surface area contributed by atoms with E-state index in [9.17, 15) is 5.11 Å². The molecule has 4 unspecified atom stereocenters. The number of aryl methyl sites for hydroxylation is 2. The molecule has 1 heterocycles. The Hall–Kier alpha value is -0.760. The molecule has 2 nitrogen and oxygen atoms in total. The van der Waals surface area contributed by atoms with Crippen LogP contribution in [0.2, 0.25) is 0 Å². The van der Waals surface area contributed by atoms with Gasteiger partial charge in [0.2, 0.25) is 0 Å². The molecule has 1 aromatic heterocycles. The molecule has 1 N–H and O–H groups in total. The summed E-state index contributed by atoms with van der Waals surface area (Å²) in [6, 6.07) is 1.99. The molecule has 0 radical (unpaired) electrons. The highest BCUT2D eigenvalue weighted by Gasteiger charge is 2.31. The Labute approximate surface area is 104 Å². The highest BCUT2D eigenvalue weighted by Crippen LogP contribution is 2.40. The number of rotatable bonds is 2. The highest BCUT2D eigenvalue weighted by molar-refractivity contribution is 5.23. The Morgan fingerprint density at radius 3 is 2.47 bits per heavy atom. The maximum atomic E-state index is 10.5. The van der Waals surface area contributed by atoms with Gasteiger partial charge < -0.3 is 9.52 Å². The average Bonchev–Trinajstić information content (AvgIpc) is 2.61. The zero-order valence-corrected chi connectivity index (χ0v) is 11.4. The third kappa shape index (κ3) is 2.57. The second-order valence-corrected chi connectivity index (χ2v) is 5.84. The zero-order chi connectivity index (χ0) is 12.6. The molecule has 2 heteroatoms. The summed E-state index contributed by atoms with van der Waals surface area (Å²) in [6.45, 7) is 8.51. The Morgan fingerprint density at radius 2 is 1.94 bits per heavy atom. The van der Waals surface area contributed by atoms with E-state index in [1.165, 1.54) is 6.42 Å². The predicted molar refractivity (Wildman–Crippen MR) is 68.8 cm³/mol. The van der Waals surface area contributed by atoms with Gasteiger partial charge in [-0.1, -0.05) is 20.3 Å². The molecule has 96 valence electrons. The van der Waals surface area contributed by atoms with E-state index in [0.717, 1.165) is 41.8 Å². The van der Waals surface area contributed by atoms with Crippen molar-refractivity contribution in [3.05, 3.63) is 23.2 Å². The summed E-state index contributed by atoms with van der Waals surface area (Å²) in [5.74, 6) is 3.69. The predicted octanol–water partition coefficient (Wildman–Crippen LogP) is 4.00. The minimum absolute atomic E-state index is 0.345. The van der Waals surface area contributed by atoms with Gasteiger partial charge >= 0.3 is 0 Å². The van der Waals surface area contributed by atoms with Crippen molar-refractivity contribution in [2.75, 3.05) is 0 Å². The third-order valence-corrected chi connectivity index (χ3v) is 4.48. The maximum absolute atomic E-state index is 10.5. The van der Waals surface area contributed by atoms with Gasteiger partial charge in [-0.25, -0.2) is 0 Å². The van der Waals surface area contributed by atoms with Crippen molar-refractivity contribution in [3.8, 4) is 0 Å². The normalized spacial score (nSPS) is 31.5. The van der Waals surface area contributed by atoms with E-state index in [-0.39, 0.29) is 6.10 Å². The van der Waals surface area contributed by atoms with Crippen LogP contribution in [-0.2, 0) is 0 Å². The molecule has 0 amide bonds. The van der Waals surface area contributed by atoms with Crippen LogP contribution in [0.25, 0.3) is 0 Å². The van der Waals surface area contributed by atoms with Gasteiger partial charge in [-0.15, -0.1) is 0 Å². The van der Waals surface area contributed by atoms with Crippen molar-refractivity contribution < 1.29 is 9.52 Å². The van der Waals surface area contributed by atoms with Crippen molar-refractivity contribution in [2.24, 2.45) is 17.8 Å². The van der Waals surface area contributed by atoms with E-state index in [1.807, 2.05) is 19.9 Å². The molecular formula is C15H24O2. The van der Waals surface area contributed by atoms with Crippen LogP contribution in [-0.4, -0.2) is 5.11 Å². The van der Waals surface area contributed by atoms with Gasteiger partial charge in [0, 0.05) is 5.56 Å². The van der Waals surface area contributed by atoms with Gasteiger partial charge in [0.1, 0.15) is 11.5 Å². The molecule has 17 heavy (non-hydrogen) atoms. The van der Waals surface area contributed by atoms with Gasteiger partial charge in [0.05, 0.1) is 6.10 Å². The average molecular weight is 236 g/mol. The smallest absolute Gasteiger partial charge is 0.106 e. The largest absolute Gasteiger partial charge is 0.466 e. The molecule has 1 saturated carbocycles. The van der Waals surface area contributed by atoms with Gasteiger partial charge in [-0.05, 0) is 50.5 Å². The van der Waals surface area contributed by atoms with Crippen molar-refractivity contribution in [2.45, 2.75) is 53.1 Å². The first-order valence-electron chi connectivity index (χ1n) is 6.74. The van der Waals surface area contributed by atoms with Crippen LogP contribution in [0.4, 0.5) is 0 Å². The second kappa shape index (κ2) is 4.85. The van der Waals surface area contributed by atoms with Crippen LogP contribution in [0.1, 0.15) is 56.3 Å². The Morgan fingerprint density at radius 1 is 1.24 bits per heavy atom. The van der Waals surface area contributed by atoms with Crippen LogP contribution in [0.15, 0.2) is 10.5 Å². The number of aliphatic hydroxyl groups is 1. The molecule has 1 aromatic rings. The molecule has 1 aliphatic rings. The minimum atomic E-state index is -0.345. The lowest BCUT2D eigenvalue weighted by molar-refractivity contribution is 0.0551. The summed E-state index contributed by atoms with van der Waals surface area (Å²) in [7, 11) is 0. The van der Waals surface area contributed by atoms with Crippen LogP contribution in [0.5, 0.6) is 0 Å². The van der Waals surface area contributed by atoms with Gasteiger partial charge in [0.15, 0.2) is 0 Å². The maximum Gasteiger partial charge on any atom is 0.106 e. The summed E-state index contributed by atoms with van der Waals surface area (Å²) in [5.41, 5.74) is 0.995. The first-order valence-corrected chi connectivity index (χ1v) is 6.74. The molecule has 4 atom stereocenters. The summed E-state index contributed by atoms with van der Waals surface area (Å²) >= 11 is 0. The lowest BCUT2D eigenvalue weighted by Gasteiger charge is -2.34. The van der Waals surface area contributed by atoms with E-state index in [4.69, 9.17) is 4.42 Å². The van der Waals surface area contributed by atoms with Crippen LogP contribution < -0.4 is 0 Å². The molecule has 0 aliphatic heterocycles. The highest BCUT2D eigenvalue weighted by atomic mass is 16.3. The van der Waals surface area contributed by atoms with Crippen LogP contribution >= 0.6 is 0 Å². The number of furan rings is 1. The Balaban J connectivity index is 2.10. The topological polar surface area (TPSA) is 33.4 Å². The summed E-state index contributed by atoms with van der Waals surface area (Å²) < 4.78 is 5.51. The van der Waals surface area contributed by atoms with Gasteiger partial charge in [-0.3, -0.25) is 0 Å². The quantitative estimate of drug-likeness (QED) is 0.842. The van der Waals surface area contributed by atoms with E-state index in [1.54, 1.807) is 0 Å². The lowest BCUT2D eigenvalue weighted by Crippen LogP contribution is -2.25. The fourth-order valence-electron chi connectivity index (χ4n) is 3.07. The number of hydrogen-bond acceptors (Lipinski definition) is 2. The van der Waals surface area contributed by atoms with Crippen molar-refractivity contribution in [3.63, 3.8) is 0 Å². The molecule has 2 rings (SSSR count). The lowest BCUT2D eigenvalue weighted by atomic mass is 9.73. The Kier molecular flexibility index (Phi) is 3.62. The third-order valence-electron chi connectivity index (χ3n) is 4.48. The molecule has 1 fully saturated rings. The van der Waals surface area contributed by atoms with Gasteiger partial charge in [-0.2, -0.15) is 0 Å². The minimum Gasteiger partial charge on any atom is -0.466 e. The fraction of sp³-hybridized carbons (Fsp3) is 0.733. The molecule has 1 aliphatic carbocycles. The van der Waals surface area contributed by atoms with Crippen molar-refractivity contribution in [1.82, 2.24) is 0 Å². The number of aliphatic hydroxyl groups excluding tert-OH is 1. The molecule has 0 spiro atoms. The number of hydrogen-bond donors (Lipinski definition) is 1. The monoisotopic (exact) mass is 236 g/mol. The van der Waals surface area contributed by atoms with Crippen molar-refractivity contribution >= 4 is 0 Å². The second-order valence-electron chi connectivity index (χ2n) is 5.84.